The van der Waals surface area contributed by atoms with E-state index in [-0.39, 0.29) is 12.2 Å². The summed E-state index contributed by atoms with van der Waals surface area (Å²) in [5.41, 5.74) is 13.2. The van der Waals surface area contributed by atoms with Gasteiger partial charge in [0.2, 0.25) is 0 Å². The molecule has 1 heterocycles. The summed E-state index contributed by atoms with van der Waals surface area (Å²) in [5.74, 6) is 1.68. The summed E-state index contributed by atoms with van der Waals surface area (Å²) < 4.78 is 5.76. The Bertz CT molecular complexity index is 527. The minimum absolute atomic E-state index is 0.0187. The molecule has 1 saturated heterocycles. The fourth-order valence-corrected chi connectivity index (χ4v) is 2.19. The number of hydrogen-bond donors (Lipinski definition) is 3. The van der Waals surface area contributed by atoms with E-state index >= 15 is 0 Å². The van der Waals surface area contributed by atoms with Crippen LogP contribution in [-0.2, 0) is 0 Å². The van der Waals surface area contributed by atoms with Gasteiger partial charge in [-0.1, -0.05) is 30.3 Å². The lowest BCUT2D eigenvalue weighted by Gasteiger charge is -2.11. The summed E-state index contributed by atoms with van der Waals surface area (Å²) in [4.78, 5) is 0. The Hall–Kier alpha value is -1.88. The van der Waals surface area contributed by atoms with Crippen LogP contribution in [0.15, 0.2) is 54.6 Å². The van der Waals surface area contributed by atoms with Crippen LogP contribution in [0.5, 0.6) is 11.5 Å². The minimum atomic E-state index is 0.0187. The molecule has 0 saturated carbocycles. The van der Waals surface area contributed by atoms with Crippen molar-refractivity contribution in [2.45, 2.75) is 18.6 Å². The van der Waals surface area contributed by atoms with E-state index in [0.717, 1.165) is 17.9 Å². The summed E-state index contributed by atoms with van der Waals surface area (Å²) in [7, 11) is 0. The largest absolute Gasteiger partial charge is 0.457 e. The van der Waals surface area contributed by atoms with Gasteiger partial charge in [-0.3, -0.25) is 0 Å². The Morgan fingerprint density at radius 1 is 0.895 bits per heavy atom. The van der Waals surface area contributed by atoms with Gasteiger partial charge in [0.05, 0.1) is 6.17 Å². The van der Waals surface area contributed by atoms with Crippen molar-refractivity contribution in [3.05, 3.63) is 60.2 Å². The number of para-hydroxylation sites is 1. The van der Waals surface area contributed by atoms with E-state index in [9.17, 15) is 0 Å². The molecule has 98 valence electrons. The molecule has 1 aliphatic rings. The fourth-order valence-electron chi connectivity index (χ4n) is 2.19. The molecule has 0 aromatic heterocycles. The van der Waals surface area contributed by atoms with E-state index in [2.05, 4.69) is 23.0 Å². The third-order valence-electron chi connectivity index (χ3n) is 3.19. The summed E-state index contributed by atoms with van der Waals surface area (Å²) in [6.07, 6.45) is 0.907. The van der Waals surface area contributed by atoms with Crippen molar-refractivity contribution in [3.63, 3.8) is 0 Å². The van der Waals surface area contributed by atoms with Gasteiger partial charge >= 0.3 is 0 Å². The maximum Gasteiger partial charge on any atom is 0.127 e. The van der Waals surface area contributed by atoms with Crippen molar-refractivity contribution >= 4 is 0 Å². The zero-order valence-electron chi connectivity index (χ0n) is 10.5. The number of hydrazine groups is 1. The van der Waals surface area contributed by atoms with Crippen LogP contribution in [0.2, 0.25) is 0 Å². The van der Waals surface area contributed by atoms with Crippen LogP contribution >= 0.6 is 0 Å². The van der Waals surface area contributed by atoms with Gasteiger partial charge in [-0.15, -0.1) is 0 Å². The molecule has 0 aliphatic carbocycles. The first-order valence-corrected chi connectivity index (χ1v) is 6.41. The van der Waals surface area contributed by atoms with E-state index in [1.807, 2.05) is 42.5 Å². The van der Waals surface area contributed by atoms with Crippen LogP contribution < -0.4 is 21.3 Å². The predicted octanol–water partition coefficient (Wildman–Crippen LogP) is 2.30. The number of benzene rings is 2. The van der Waals surface area contributed by atoms with Crippen LogP contribution in [0.4, 0.5) is 0 Å². The van der Waals surface area contributed by atoms with Crippen LogP contribution in [0, 0.1) is 0 Å². The second kappa shape index (κ2) is 5.40. The Balaban J connectivity index is 1.69. The highest BCUT2D eigenvalue weighted by molar-refractivity contribution is 5.34. The molecule has 2 unspecified atom stereocenters. The second-order valence-electron chi connectivity index (χ2n) is 4.67. The average molecular weight is 255 g/mol. The molecular formula is C15H17N3O. The lowest BCUT2D eigenvalue weighted by Crippen LogP contribution is -2.36. The lowest BCUT2D eigenvalue weighted by molar-refractivity contribution is 0.482. The molecule has 2 atom stereocenters. The molecule has 1 aliphatic heterocycles. The summed E-state index contributed by atoms with van der Waals surface area (Å²) in [6.45, 7) is 0. The first-order valence-electron chi connectivity index (χ1n) is 6.41. The smallest absolute Gasteiger partial charge is 0.127 e. The number of rotatable bonds is 3. The summed E-state index contributed by atoms with van der Waals surface area (Å²) in [6, 6.07) is 18.1. The molecule has 0 amide bonds. The number of hydrogen-bond acceptors (Lipinski definition) is 4. The molecule has 0 bridgehead atoms. The van der Waals surface area contributed by atoms with E-state index in [0.29, 0.717) is 0 Å². The summed E-state index contributed by atoms with van der Waals surface area (Å²) >= 11 is 0. The summed E-state index contributed by atoms with van der Waals surface area (Å²) in [5, 5.41) is 0. The molecule has 0 spiro atoms. The van der Waals surface area contributed by atoms with Gasteiger partial charge in [0.1, 0.15) is 11.5 Å². The number of nitrogens with one attached hydrogen (secondary N) is 2. The molecule has 0 radical (unpaired) electrons. The molecule has 4 N–H and O–H groups in total. The molecule has 4 heteroatoms. The van der Waals surface area contributed by atoms with E-state index in [4.69, 9.17) is 10.5 Å². The maximum absolute atomic E-state index is 5.80. The Labute approximate surface area is 112 Å². The van der Waals surface area contributed by atoms with Crippen LogP contribution in [0.3, 0.4) is 0 Å². The van der Waals surface area contributed by atoms with Crippen LogP contribution in [0.1, 0.15) is 18.0 Å². The SMILES string of the molecule is NC1CC(c2ccc(Oc3ccccc3)cc2)NN1. The van der Waals surface area contributed by atoms with Gasteiger partial charge in [-0.05, 0) is 36.2 Å². The normalized spacial score (nSPS) is 22.4. The fraction of sp³-hybridized carbons (Fsp3) is 0.200. The van der Waals surface area contributed by atoms with Crippen molar-refractivity contribution in [3.8, 4) is 11.5 Å². The Kier molecular flexibility index (Phi) is 3.46. The standard InChI is InChI=1S/C15H17N3O/c16-15-10-14(17-18-15)11-6-8-13(9-7-11)19-12-4-2-1-3-5-12/h1-9,14-15,17-18H,10,16H2. The third kappa shape index (κ3) is 2.93. The third-order valence-corrected chi connectivity index (χ3v) is 3.19. The second-order valence-corrected chi connectivity index (χ2v) is 4.67. The molecule has 3 rings (SSSR count). The van der Waals surface area contributed by atoms with Gasteiger partial charge in [-0.25, -0.2) is 10.9 Å². The molecule has 4 nitrogen and oxygen atoms in total. The maximum atomic E-state index is 5.80. The molecule has 2 aromatic carbocycles. The highest BCUT2D eigenvalue weighted by Gasteiger charge is 2.21. The zero-order chi connectivity index (χ0) is 13.1. The number of ether oxygens (including phenoxy) is 1. The van der Waals surface area contributed by atoms with Crippen molar-refractivity contribution in [1.29, 1.82) is 0 Å². The number of nitrogens with two attached hydrogens (primary N) is 1. The van der Waals surface area contributed by atoms with Crippen molar-refractivity contribution in [1.82, 2.24) is 10.9 Å². The first-order chi connectivity index (χ1) is 9.31. The molecule has 2 aromatic rings. The quantitative estimate of drug-likeness (QED) is 0.787. The van der Waals surface area contributed by atoms with E-state index < -0.39 is 0 Å². The average Bonchev–Trinajstić information content (AvgIpc) is 2.87. The highest BCUT2D eigenvalue weighted by atomic mass is 16.5. The predicted molar refractivity (Wildman–Crippen MR) is 74.6 cm³/mol. The zero-order valence-corrected chi connectivity index (χ0v) is 10.5. The van der Waals surface area contributed by atoms with Gasteiger partial charge in [0.15, 0.2) is 0 Å². The Morgan fingerprint density at radius 2 is 1.58 bits per heavy atom. The van der Waals surface area contributed by atoms with Crippen LogP contribution in [0.25, 0.3) is 0 Å². The van der Waals surface area contributed by atoms with Gasteiger partial charge < -0.3 is 10.5 Å². The molecule has 1 fully saturated rings. The highest BCUT2D eigenvalue weighted by Crippen LogP contribution is 2.25. The minimum Gasteiger partial charge on any atom is -0.457 e. The van der Waals surface area contributed by atoms with E-state index in [1.165, 1.54) is 5.56 Å². The van der Waals surface area contributed by atoms with Crippen molar-refractivity contribution in [2.75, 3.05) is 0 Å². The van der Waals surface area contributed by atoms with Gasteiger partial charge in [0, 0.05) is 6.04 Å². The van der Waals surface area contributed by atoms with Crippen LogP contribution in [-0.4, -0.2) is 6.17 Å². The lowest BCUT2D eigenvalue weighted by atomic mass is 10.0. The molecule has 19 heavy (non-hydrogen) atoms. The molecular weight excluding hydrogens is 238 g/mol. The van der Waals surface area contributed by atoms with Gasteiger partial charge in [-0.2, -0.15) is 0 Å². The van der Waals surface area contributed by atoms with Crippen molar-refractivity contribution in [2.24, 2.45) is 5.73 Å². The first kappa shape index (κ1) is 12.2. The van der Waals surface area contributed by atoms with E-state index in [1.54, 1.807) is 0 Å². The topological polar surface area (TPSA) is 59.3 Å². The van der Waals surface area contributed by atoms with Gasteiger partial charge in [0.25, 0.3) is 0 Å². The Morgan fingerprint density at radius 3 is 2.21 bits per heavy atom. The monoisotopic (exact) mass is 255 g/mol. The van der Waals surface area contributed by atoms with Crippen molar-refractivity contribution < 1.29 is 4.74 Å².